The van der Waals surface area contributed by atoms with Gasteiger partial charge in [-0.25, -0.2) is 0 Å². The lowest BCUT2D eigenvalue weighted by molar-refractivity contribution is -0.388. The number of rotatable bonds is 4. The fraction of sp³-hybridized carbons (Fsp3) is 0.333. The van der Waals surface area contributed by atoms with E-state index in [0.717, 1.165) is 17.8 Å². The molecule has 0 aliphatic rings. The molecule has 76 valence electrons. The molecule has 0 saturated carbocycles. The Morgan fingerprint density at radius 2 is 2.21 bits per heavy atom. The Hall–Kier alpha value is -0.970. The highest BCUT2D eigenvalue weighted by atomic mass is 79.9. The van der Waals surface area contributed by atoms with Gasteiger partial charge < -0.3 is 0 Å². The van der Waals surface area contributed by atoms with E-state index in [1.807, 2.05) is 0 Å². The molecule has 0 atom stereocenters. The molecule has 0 radical (unpaired) electrons. The Bertz CT molecular complexity index is 344. The monoisotopic (exact) mass is 261 g/mol. The van der Waals surface area contributed by atoms with Gasteiger partial charge in [-0.1, -0.05) is 28.1 Å². The molecular weight excluding hydrogens is 253 g/mol. The number of nitrogens with zero attached hydrogens (tertiary/aromatic N) is 1. The molecule has 0 N–H and O–H groups in total. The summed E-state index contributed by atoms with van der Waals surface area (Å²) >= 11 is 3.22. The highest BCUT2D eigenvalue weighted by Crippen LogP contribution is 2.23. The van der Waals surface area contributed by atoms with E-state index in [0.29, 0.717) is 12.0 Å². The maximum Gasteiger partial charge on any atom is 0.307 e. The van der Waals surface area contributed by atoms with Gasteiger partial charge in [0, 0.05) is 10.9 Å². The van der Waals surface area contributed by atoms with Gasteiger partial charge in [0.05, 0.1) is 4.92 Å². The van der Waals surface area contributed by atoms with Crippen LogP contribution in [0.4, 0.5) is 10.1 Å². The maximum atomic E-state index is 13.1. The molecule has 3 nitrogen and oxygen atoms in total. The summed E-state index contributed by atoms with van der Waals surface area (Å²) in [5, 5.41) is 11.3. The van der Waals surface area contributed by atoms with Crippen LogP contribution in [0.25, 0.3) is 0 Å². The summed E-state index contributed by atoms with van der Waals surface area (Å²) in [6.45, 7) is 0. The van der Waals surface area contributed by atoms with Gasteiger partial charge in [-0.2, -0.15) is 4.39 Å². The number of nitro groups is 1. The lowest BCUT2D eigenvalue weighted by Gasteiger charge is -2.01. The van der Waals surface area contributed by atoms with Crippen molar-refractivity contribution < 1.29 is 9.31 Å². The molecule has 14 heavy (non-hydrogen) atoms. The van der Waals surface area contributed by atoms with Gasteiger partial charge >= 0.3 is 5.69 Å². The van der Waals surface area contributed by atoms with E-state index in [-0.39, 0.29) is 0 Å². The Balaban J connectivity index is 3.02. The lowest BCUT2D eigenvalue weighted by Crippen LogP contribution is -1.99. The number of halogens is 2. The molecule has 0 amide bonds. The molecule has 5 heteroatoms. The number of hydrogen-bond donors (Lipinski definition) is 0. The molecule has 0 aliphatic heterocycles. The average Bonchev–Trinajstić information content (AvgIpc) is 2.14. The van der Waals surface area contributed by atoms with E-state index < -0.39 is 16.4 Å². The third-order valence-corrected chi connectivity index (χ3v) is 2.39. The van der Waals surface area contributed by atoms with E-state index in [2.05, 4.69) is 15.9 Å². The van der Waals surface area contributed by atoms with Crippen molar-refractivity contribution in [1.82, 2.24) is 0 Å². The molecule has 0 unspecified atom stereocenters. The van der Waals surface area contributed by atoms with Crippen LogP contribution < -0.4 is 0 Å². The smallest absolute Gasteiger partial charge is 0.258 e. The molecule has 0 bridgehead atoms. The Labute approximate surface area is 89.2 Å². The third-order valence-electron chi connectivity index (χ3n) is 1.83. The third kappa shape index (κ3) is 2.51. The summed E-state index contributed by atoms with van der Waals surface area (Å²) in [6.07, 6.45) is 1.27. The predicted molar refractivity (Wildman–Crippen MR) is 55.2 cm³/mol. The van der Waals surface area contributed by atoms with Gasteiger partial charge in [-0.05, 0) is 18.9 Å². The number of benzene rings is 1. The second kappa shape index (κ2) is 5.05. The summed E-state index contributed by atoms with van der Waals surface area (Å²) in [5.41, 5.74) is 0.0582. The molecule has 1 aromatic carbocycles. The van der Waals surface area contributed by atoms with Crippen molar-refractivity contribution in [1.29, 1.82) is 0 Å². The van der Waals surface area contributed by atoms with Crippen LogP contribution in [0.5, 0.6) is 0 Å². The topological polar surface area (TPSA) is 43.1 Å². The molecule has 0 heterocycles. The van der Waals surface area contributed by atoms with Crippen LogP contribution in [0.2, 0.25) is 0 Å². The molecular formula is C9H9BrFNO2. The van der Waals surface area contributed by atoms with E-state index in [1.165, 1.54) is 6.07 Å². The number of aryl methyl sites for hydroxylation is 1. The minimum absolute atomic E-state index is 0.395. The fourth-order valence-corrected chi connectivity index (χ4v) is 1.50. The molecule has 1 rings (SSSR count). The van der Waals surface area contributed by atoms with Gasteiger partial charge in [0.1, 0.15) is 0 Å². The summed E-state index contributed by atoms with van der Waals surface area (Å²) in [7, 11) is 0. The largest absolute Gasteiger partial charge is 0.307 e. The SMILES string of the molecule is O=[N+]([O-])c1c(F)cccc1CCCBr. The summed E-state index contributed by atoms with van der Waals surface area (Å²) in [4.78, 5) is 9.89. The normalized spacial score (nSPS) is 10.1. The molecule has 0 spiro atoms. The number of para-hydroxylation sites is 1. The van der Waals surface area contributed by atoms with E-state index in [1.54, 1.807) is 6.07 Å². The van der Waals surface area contributed by atoms with Crippen LogP contribution in [0, 0.1) is 15.9 Å². The zero-order valence-corrected chi connectivity index (χ0v) is 8.96. The van der Waals surface area contributed by atoms with Crippen molar-refractivity contribution in [2.75, 3.05) is 5.33 Å². The number of alkyl halides is 1. The number of hydrogen-bond acceptors (Lipinski definition) is 2. The van der Waals surface area contributed by atoms with E-state index in [9.17, 15) is 14.5 Å². The fourth-order valence-electron chi connectivity index (χ4n) is 1.22. The molecule has 0 fully saturated rings. The van der Waals surface area contributed by atoms with E-state index >= 15 is 0 Å². The second-order valence-corrected chi connectivity index (χ2v) is 3.59. The summed E-state index contributed by atoms with van der Waals surface area (Å²) in [6, 6.07) is 4.19. The zero-order chi connectivity index (χ0) is 10.6. The summed E-state index contributed by atoms with van der Waals surface area (Å²) in [5.74, 6) is -0.762. The van der Waals surface area contributed by atoms with Crippen molar-refractivity contribution in [3.63, 3.8) is 0 Å². The summed E-state index contributed by atoms with van der Waals surface area (Å²) < 4.78 is 13.1. The average molecular weight is 262 g/mol. The van der Waals surface area contributed by atoms with Crippen LogP contribution in [-0.4, -0.2) is 10.3 Å². The first-order valence-electron chi connectivity index (χ1n) is 4.14. The Morgan fingerprint density at radius 3 is 2.79 bits per heavy atom. The predicted octanol–water partition coefficient (Wildman–Crippen LogP) is 3.06. The van der Waals surface area contributed by atoms with Crippen LogP contribution >= 0.6 is 15.9 Å². The Morgan fingerprint density at radius 1 is 1.50 bits per heavy atom. The van der Waals surface area contributed by atoms with Crippen LogP contribution in [-0.2, 0) is 6.42 Å². The van der Waals surface area contributed by atoms with Crippen molar-refractivity contribution in [3.8, 4) is 0 Å². The molecule has 0 aromatic heterocycles. The first kappa shape index (κ1) is 11.1. The quantitative estimate of drug-likeness (QED) is 0.475. The highest BCUT2D eigenvalue weighted by Gasteiger charge is 2.18. The zero-order valence-electron chi connectivity index (χ0n) is 7.37. The van der Waals surface area contributed by atoms with Gasteiger partial charge in [0.15, 0.2) is 0 Å². The Kier molecular flexibility index (Phi) is 4.00. The minimum atomic E-state index is -0.762. The van der Waals surface area contributed by atoms with Crippen molar-refractivity contribution in [3.05, 3.63) is 39.7 Å². The van der Waals surface area contributed by atoms with Crippen molar-refractivity contribution >= 4 is 21.6 Å². The van der Waals surface area contributed by atoms with Gasteiger partial charge in [0.25, 0.3) is 0 Å². The minimum Gasteiger partial charge on any atom is -0.258 e. The van der Waals surface area contributed by atoms with Gasteiger partial charge in [0.2, 0.25) is 5.82 Å². The second-order valence-electron chi connectivity index (χ2n) is 2.80. The molecule has 0 aliphatic carbocycles. The van der Waals surface area contributed by atoms with Crippen molar-refractivity contribution in [2.24, 2.45) is 0 Å². The lowest BCUT2D eigenvalue weighted by atomic mass is 10.1. The standard InChI is InChI=1S/C9H9BrFNO2/c10-6-2-4-7-3-1-5-8(11)9(7)12(13)14/h1,3,5H,2,4,6H2. The van der Waals surface area contributed by atoms with Crippen LogP contribution in [0.15, 0.2) is 18.2 Å². The van der Waals surface area contributed by atoms with E-state index in [4.69, 9.17) is 0 Å². The van der Waals surface area contributed by atoms with Gasteiger partial charge in [-0.3, -0.25) is 10.1 Å². The molecule has 0 saturated heterocycles. The van der Waals surface area contributed by atoms with Crippen LogP contribution in [0.1, 0.15) is 12.0 Å². The van der Waals surface area contributed by atoms with Crippen molar-refractivity contribution in [2.45, 2.75) is 12.8 Å². The highest BCUT2D eigenvalue weighted by molar-refractivity contribution is 9.09. The first-order chi connectivity index (χ1) is 6.66. The van der Waals surface area contributed by atoms with Crippen LogP contribution in [0.3, 0.4) is 0 Å². The maximum absolute atomic E-state index is 13.1. The number of nitro benzene ring substituents is 1. The molecule has 1 aromatic rings. The van der Waals surface area contributed by atoms with Gasteiger partial charge in [-0.15, -0.1) is 0 Å². The first-order valence-corrected chi connectivity index (χ1v) is 5.26.